The predicted octanol–water partition coefficient (Wildman–Crippen LogP) is 5.89. The summed E-state index contributed by atoms with van der Waals surface area (Å²) in [5, 5.41) is 20.4. The molecule has 0 spiro atoms. The lowest BCUT2D eigenvalue weighted by atomic mass is 9.83. The van der Waals surface area contributed by atoms with Crippen molar-refractivity contribution in [1.29, 1.82) is 0 Å². The van der Waals surface area contributed by atoms with Crippen LogP contribution in [0.3, 0.4) is 0 Å². The van der Waals surface area contributed by atoms with Crippen molar-refractivity contribution < 1.29 is 23.2 Å². The van der Waals surface area contributed by atoms with Gasteiger partial charge in [0, 0.05) is 15.6 Å². The van der Waals surface area contributed by atoms with Crippen molar-refractivity contribution in [2.45, 2.75) is 4.75 Å². The smallest absolute Gasteiger partial charge is 0.283 e. The Bertz CT molecular complexity index is 1170. The Kier molecular flexibility index (Phi) is 5.98. The molecule has 0 heterocycles. The molecule has 0 saturated carbocycles. The Balaban J connectivity index is 2.56. The lowest BCUT2D eigenvalue weighted by molar-refractivity contribution is 0.440. The molecule has 0 saturated heterocycles. The van der Waals surface area contributed by atoms with Crippen molar-refractivity contribution in [3.63, 3.8) is 0 Å². The maximum absolute atomic E-state index is 12.9. The summed E-state index contributed by atoms with van der Waals surface area (Å²) in [6.45, 7) is 0. The highest BCUT2D eigenvalue weighted by atomic mass is 35.5. The highest BCUT2D eigenvalue weighted by Gasteiger charge is 2.50. The predicted molar refractivity (Wildman–Crippen MR) is 114 cm³/mol. The van der Waals surface area contributed by atoms with Crippen molar-refractivity contribution in [2.24, 2.45) is 0 Å². The van der Waals surface area contributed by atoms with Crippen LogP contribution in [0.2, 0.25) is 20.1 Å². The van der Waals surface area contributed by atoms with Crippen LogP contribution in [0.1, 0.15) is 16.7 Å². The van der Waals surface area contributed by atoms with Crippen LogP contribution in [-0.2, 0) is 14.9 Å². The summed E-state index contributed by atoms with van der Waals surface area (Å²) in [6, 6.07) is 11.6. The number of hydrogen-bond acceptors (Lipinski definition) is 4. The molecule has 3 rings (SSSR count). The third-order valence-electron chi connectivity index (χ3n) is 4.40. The van der Waals surface area contributed by atoms with Crippen molar-refractivity contribution in [2.75, 3.05) is 0 Å². The summed E-state index contributed by atoms with van der Waals surface area (Å²) in [5.74, 6) is -0.955. The van der Waals surface area contributed by atoms with Crippen LogP contribution >= 0.6 is 46.4 Å². The molecule has 1 unspecified atom stereocenters. The number of aromatic hydroxyl groups is 2. The number of rotatable bonds is 4. The number of phenolic OH excluding ortho intramolecular Hbond substituents is 2. The third kappa shape index (κ3) is 3.77. The molecule has 0 aliphatic carbocycles. The molecule has 0 bridgehead atoms. The van der Waals surface area contributed by atoms with Crippen LogP contribution < -0.4 is 0 Å². The second kappa shape index (κ2) is 7.87. The summed E-state index contributed by atoms with van der Waals surface area (Å²) in [6.07, 6.45) is 0. The van der Waals surface area contributed by atoms with E-state index in [0.717, 1.165) is 18.2 Å². The van der Waals surface area contributed by atoms with Gasteiger partial charge in [-0.15, -0.1) is 0 Å². The summed E-state index contributed by atoms with van der Waals surface area (Å²) in [7, 11) is -5.03. The maximum atomic E-state index is 12.9. The van der Waals surface area contributed by atoms with E-state index in [9.17, 15) is 23.2 Å². The molecule has 3 N–H and O–H groups in total. The third-order valence-corrected chi connectivity index (χ3v) is 6.93. The molecule has 1 atom stereocenters. The van der Waals surface area contributed by atoms with Crippen molar-refractivity contribution in [3.8, 4) is 11.5 Å². The van der Waals surface area contributed by atoms with Crippen LogP contribution in [0, 0.1) is 0 Å². The molecule has 0 amide bonds. The Morgan fingerprint density at radius 2 is 1.24 bits per heavy atom. The van der Waals surface area contributed by atoms with Crippen molar-refractivity contribution in [1.82, 2.24) is 0 Å². The average Bonchev–Trinajstić information content (AvgIpc) is 2.62. The molecule has 29 heavy (non-hydrogen) atoms. The van der Waals surface area contributed by atoms with Crippen LogP contribution in [0.4, 0.5) is 0 Å². The van der Waals surface area contributed by atoms with Crippen molar-refractivity contribution >= 4 is 56.5 Å². The molecule has 0 aromatic heterocycles. The number of hydrogen-bond donors (Lipinski definition) is 3. The first kappa shape index (κ1) is 22.0. The second-order valence-corrected chi connectivity index (χ2v) is 9.36. The normalized spacial score (nSPS) is 13.8. The highest BCUT2D eigenvalue weighted by Crippen LogP contribution is 2.49. The Morgan fingerprint density at radius 1 is 0.724 bits per heavy atom. The lowest BCUT2D eigenvalue weighted by Crippen LogP contribution is -2.38. The first-order valence-corrected chi connectivity index (χ1v) is 10.8. The zero-order chi connectivity index (χ0) is 21.6. The van der Waals surface area contributed by atoms with E-state index >= 15 is 0 Å². The fraction of sp³-hybridized carbons (Fsp3) is 0.0526. The van der Waals surface area contributed by atoms with Crippen molar-refractivity contribution in [3.05, 3.63) is 91.4 Å². The minimum atomic E-state index is -5.03. The molecule has 10 heteroatoms. The Labute approximate surface area is 186 Å². The van der Waals surface area contributed by atoms with Gasteiger partial charge in [0.15, 0.2) is 10.5 Å². The van der Waals surface area contributed by atoms with Crippen LogP contribution in [0.5, 0.6) is 11.5 Å². The van der Waals surface area contributed by atoms with Crippen LogP contribution in [0.25, 0.3) is 0 Å². The molecule has 0 radical (unpaired) electrons. The van der Waals surface area contributed by atoms with E-state index in [4.69, 9.17) is 46.4 Å². The molecule has 0 aliphatic heterocycles. The summed E-state index contributed by atoms with van der Waals surface area (Å²) >= 11 is 23.9. The van der Waals surface area contributed by atoms with E-state index in [1.54, 1.807) is 0 Å². The van der Waals surface area contributed by atoms with E-state index in [1.807, 2.05) is 0 Å². The van der Waals surface area contributed by atoms with Gasteiger partial charge in [0.25, 0.3) is 10.1 Å². The molecule has 3 aromatic rings. The maximum Gasteiger partial charge on any atom is 0.283 e. The summed E-state index contributed by atoms with van der Waals surface area (Å²) in [4.78, 5) is 0. The monoisotopic (exact) mass is 492 g/mol. The van der Waals surface area contributed by atoms with Crippen LogP contribution in [0.15, 0.2) is 54.6 Å². The van der Waals surface area contributed by atoms with E-state index in [-0.39, 0.29) is 31.8 Å². The fourth-order valence-corrected chi connectivity index (χ4v) is 5.25. The zero-order valence-corrected chi connectivity index (χ0v) is 18.1. The molecule has 0 aliphatic rings. The largest absolute Gasteiger partial charge is 0.508 e. The lowest BCUT2D eigenvalue weighted by Gasteiger charge is -2.33. The van der Waals surface area contributed by atoms with Crippen LogP contribution in [-0.4, -0.2) is 23.2 Å². The minimum absolute atomic E-state index is 0.0415. The van der Waals surface area contributed by atoms with E-state index in [0.29, 0.717) is 5.02 Å². The van der Waals surface area contributed by atoms with Gasteiger partial charge in [0.1, 0.15) is 5.75 Å². The molecule has 5 nitrogen and oxygen atoms in total. The topological polar surface area (TPSA) is 94.8 Å². The van der Waals surface area contributed by atoms with E-state index < -0.39 is 26.4 Å². The minimum Gasteiger partial charge on any atom is -0.508 e. The Morgan fingerprint density at radius 3 is 1.72 bits per heavy atom. The highest BCUT2D eigenvalue weighted by molar-refractivity contribution is 7.87. The van der Waals surface area contributed by atoms with Gasteiger partial charge < -0.3 is 10.2 Å². The SMILES string of the molecule is O=S(=O)(O)C(c1ccc(Cl)cc1)(c1cc(Cl)c(O)c(Cl)c1)c1ccc(Cl)cc1O. The summed E-state index contributed by atoms with van der Waals surface area (Å²) in [5.41, 5.74) is -0.280. The van der Waals surface area contributed by atoms with Gasteiger partial charge in [-0.25, -0.2) is 0 Å². The second-order valence-electron chi connectivity index (χ2n) is 6.11. The van der Waals surface area contributed by atoms with Gasteiger partial charge in [-0.05, 0) is 47.5 Å². The van der Waals surface area contributed by atoms with E-state index in [2.05, 4.69) is 0 Å². The number of phenols is 2. The molecular formula is C19H12Cl4O5S. The molecular weight excluding hydrogens is 482 g/mol. The van der Waals surface area contributed by atoms with Gasteiger partial charge in [0.05, 0.1) is 10.0 Å². The number of halogens is 4. The fourth-order valence-electron chi connectivity index (χ4n) is 3.17. The summed E-state index contributed by atoms with van der Waals surface area (Å²) < 4.78 is 33.9. The van der Waals surface area contributed by atoms with Gasteiger partial charge in [-0.2, -0.15) is 8.42 Å². The number of benzene rings is 3. The standard InChI is InChI=1S/C19H12Cl4O5S/c20-12-3-1-10(2-4-12)19(29(26,27)28,14-6-5-13(21)9-17(14)24)11-7-15(22)18(25)16(23)8-11/h1-9,24-25H,(H,26,27,28). The quantitative estimate of drug-likeness (QED) is 0.311. The molecule has 3 aromatic carbocycles. The molecule has 0 fully saturated rings. The average molecular weight is 494 g/mol. The first-order valence-electron chi connectivity index (χ1n) is 7.89. The van der Waals surface area contributed by atoms with Gasteiger partial charge in [-0.1, -0.05) is 64.6 Å². The molecule has 152 valence electrons. The Hall–Kier alpha value is -1.67. The van der Waals surface area contributed by atoms with Gasteiger partial charge in [0.2, 0.25) is 0 Å². The van der Waals surface area contributed by atoms with E-state index in [1.165, 1.54) is 36.4 Å². The first-order chi connectivity index (χ1) is 13.5. The zero-order valence-electron chi connectivity index (χ0n) is 14.3. The van der Waals surface area contributed by atoms with Gasteiger partial charge >= 0.3 is 0 Å². The van der Waals surface area contributed by atoms with Gasteiger partial charge in [-0.3, -0.25) is 4.55 Å².